The van der Waals surface area contributed by atoms with Gasteiger partial charge < -0.3 is 15.8 Å². The molecule has 0 aliphatic carbocycles. The van der Waals surface area contributed by atoms with Crippen molar-refractivity contribution in [2.24, 2.45) is 0 Å². The number of carbonyl (C=O) groups is 1. The maximum atomic E-state index is 12.5. The lowest BCUT2D eigenvalue weighted by Gasteiger charge is -2.14. The molecule has 0 aliphatic rings. The first-order chi connectivity index (χ1) is 16.8. The van der Waals surface area contributed by atoms with Gasteiger partial charge in [-0.3, -0.25) is 4.79 Å². The third-order valence-electron chi connectivity index (χ3n) is 5.60. The minimum absolute atomic E-state index is 0.164. The van der Waals surface area contributed by atoms with Crippen LogP contribution in [-0.2, 0) is 17.9 Å². The molecule has 35 heavy (non-hydrogen) atoms. The first kappa shape index (κ1) is 24.6. The number of nitrogen functional groups attached to an aromatic ring is 1. The van der Waals surface area contributed by atoms with Crippen LogP contribution in [0.15, 0.2) is 72.8 Å². The van der Waals surface area contributed by atoms with Crippen molar-refractivity contribution >= 4 is 51.3 Å². The van der Waals surface area contributed by atoms with Gasteiger partial charge in [-0.25, -0.2) is 4.98 Å². The fourth-order valence-electron chi connectivity index (χ4n) is 3.67. The third-order valence-corrected chi connectivity index (χ3v) is 6.39. The molecule has 0 saturated heterocycles. The number of para-hydroxylation sites is 1. The van der Waals surface area contributed by atoms with E-state index in [-0.39, 0.29) is 12.5 Å². The maximum absolute atomic E-state index is 12.5. The number of aryl methyl sites for hydroxylation is 1. The van der Waals surface area contributed by atoms with E-state index in [9.17, 15) is 4.79 Å². The third kappa shape index (κ3) is 5.94. The number of aromatic nitrogens is 1. The smallest absolute Gasteiger partial charge is 0.244 e. The number of nitrogens with one attached hydrogen (secondary N) is 1. The van der Waals surface area contributed by atoms with Crippen molar-refractivity contribution < 1.29 is 9.53 Å². The second kappa shape index (κ2) is 10.8. The van der Waals surface area contributed by atoms with Crippen molar-refractivity contribution in [3.63, 3.8) is 0 Å². The van der Waals surface area contributed by atoms with Crippen molar-refractivity contribution in [2.45, 2.75) is 27.0 Å². The van der Waals surface area contributed by atoms with Gasteiger partial charge in [0, 0.05) is 40.0 Å². The Morgan fingerprint density at radius 3 is 2.60 bits per heavy atom. The van der Waals surface area contributed by atoms with Gasteiger partial charge >= 0.3 is 0 Å². The predicted octanol–water partition coefficient (Wildman–Crippen LogP) is 6.73. The summed E-state index contributed by atoms with van der Waals surface area (Å²) in [6, 6.07) is 20.7. The summed E-state index contributed by atoms with van der Waals surface area (Å²) in [5, 5.41) is 4.80. The number of amides is 1. The molecule has 1 aromatic heterocycles. The lowest BCUT2D eigenvalue weighted by Crippen LogP contribution is -2.20. The number of ether oxygens (including phenoxy) is 1. The fourth-order valence-corrected chi connectivity index (χ4v) is 4.30. The van der Waals surface area contributed by atoms with Gasteiger partial charge in [-0.2, -0.15) is 0 Å². The standard InChI is InChI=1S/C28H25Cl2N3O2/c1-17(14-26(34)32-15-19-7-10-21(31)11-8-19)22-12-13-24(29)23(27(22)30)16-35-25-5-3-4-20-9-6-18(2)33-28(20)25/h3-14H,15-16,31H2,1-2H3,(H,32,34)/b17-14+. The van der Waals surface area contributed by atoms with Gasteiger partial charge in [0.05, 0.1) is 5.02 Å². The Morgan fingerprint density at radius 2 is 1.83 bits per heavy atom. The summed E-state index contributed by atoms with van der Waals surface area (Å²) in [6.07, 6.45) is 1.52. The van der Waals surface area contributed by atoms with E-state index in [1.54, 1.807) is 24.3 Å². The highest BCUT2D eigenvalue weighted by molar-refractivity contribution is 6.37. The average Bonchev–Trinajstić information content (AvgIpc) is 2.83. The molecule has 0 bridgehead atoms. The summed E-state index contributed by atoms with van der Waals surface area (Å²) in [7, 11) is 0. The number of rotatable bonds is 7. The summed E-state index contributed by atoms with van der Waals surface area (Å²) in [4.78, 5) is 17.1. The number of anilines is 1. The van der Waals surface area contributed by atoms with Crippen molar-refractivity contribution in [3.05, 3.63) is 105 Å². The van der Waals surface area contributed by atoms with Crippen molar-refractivity contribution in [2.75, 3.05) is 5.73 Å². The lowest BCUT2D eigenvalue weighted by molar-refractivity contribution is -0.116. The lowest BCUT2D eigenvalue weighted by atomic mass is 10.0. The molecule has 5 nitrogen and oxygen atoms in total. The zero-order valence-electron chi connectivity index (χ0n) is 19.4. The van der Waals surface area contributed by atoms with Gasteiger partial charge in [0.15, 0.2) is 0 Å². The highest BCUT2D eigenvalue weighted by Crippen LogP contribution is 2.34. The van der Waals surface area contributed by atoms with Crippen LogP contribution in [0.4, 0.5) is 5.69 Å². The van der Waals surface area contributed by atoms with Crippen molar-refractivity contribution in [1.82, 2.24) is 10.3 Å². The Balaban J connectivity index is 1.50. The molecule has 0 atom stereocenters. The van der Waals surface area contributed by atoms with Gasteiger partial charge in [0.25, 0.3) is 0 Å². The monoisotopic (exact) mass is 505 g/mol. The van der Waals surface area contributed by atoms with E-state index < -0.39 is 0 Å². The molecule has 3 aromatic carbocycles. The Hall–Kier alpha value is -3.54. The van der Waals surface area contributed by atoms with Crippen LogP contribution < -0.4 is 15.8 Å². The second-order valence-electron chi connectivity index (χ2n) is 8.24. The molecule has 7 heteroatoms. The number of fused-ring (bicyclic) bond motifs is 1. The van der Waals surface area contributed by atoms with Crippen molar-refractivity contribution in [1.29, 1.82) is 0 Å². The SMILES string of the molecule is C/C(=C\C(=O)NCc1ccc(N)cc1)c1ccc(Cl)c(COc2cccc3ccc(C)nc23)c1Cl. The van der Waals surface area contributed by atoms with Crippen molar-refractivity contribution in [3.8, 4) is 5.75 Å². The topological polar surface area (TPSA) is 77.2 Å². The fraction of sp³-hybridized carbons (Fsp3) is 0.143. The number of pyridine rings is 1. The normalized spacial score (nSPS) is 11.5. The second-order valence-corrected chi connectivity index (χ2v) is 9.03. The first-order valence-corrected chi connectivity index (χ1v) is 11.8. The number of benzene rings is 3. The quantitative estimate of drug-likeness (QED) is 0.215. The zero-order chi connectivity index (χ0) is 24.9. The number of nitrogens with two attached hydrogens (primary N) is 1. The summed E-state index contributed by atoms with van der Waals surface area (Å²) >= 11 is 13.2. The molecule has 0 fully saturated rings. The van der Waals surface area contributed by atoms with Crippen LogP contribution in [0.25, 0.3) is 16.5 Å². The van der Waals surface area contributed by atoms with Gasteiger partial charge in [-0.05, 0) is 60.9 Å². The number of hydrogen-bond donors (Lipinski definition) is 2. The van der Waals surface area contributed by atoms with Gasteiger partial charge in [-0.15, -0.1) is 0 Å². The molecule has 1 heterocycles. The van der Waals surface area contributed by atoms with Crippen LogP contribution >= 0.6 is 23.2 Å². The minimum atomic E-state index is -0.222. The van der Waals surface area contributed by atoms with E-state index in [2.05, 4.69) is 10.3 Å². The van der Waals surface area contributed by atoms with Gasteiger partial charge in [-0.1, -0.05) is 59.6 Å². The highest BCUT2D eigenvalue weighted by Gasteiger charge is 2.14. The number of halogens is 2. The number of nitrogens with zero attached hydrogens (tertiary/aromatic N) is 1. The molecule has 0 radical (unpaired) electrons. The maximum Gasteiger partial charge on any atom is 0.244 e. The van der Waals surface area contributed by atoms with Crippen LogP contribution in [0.3, 0.4) is 0 Å². The zero-order valence-corrected chi connectivity index (χ0v) is 21.0. The van der Waals surface area contributed by atoms with Crippen LogP contribution in [-0.4, -0.2) is 10.9 Å². The van der Waals surface area contributed by atoms with E-state index in [0.717, 1.165) is 22.2 Å². The molecule has 0 aliphatic heterocycles. The van der Waals surface area contributed by atoms with E-state index in [1.165, 1.54) is 6.08 Å². The molecule has 3 N–H and O–H groups in total. The average molecular weight is 506 g/mol. The summed E-state index contributed by atoms with van der Waals surface area (Å²) in [5.74, 6) is 0.429. The van der Waals surface area contributed by atoms with Crippen LogP contribution in [0.5, 0.6) is 5.75 Å². The summed E-state index contributed by atoms with van der Waals surface area (Å²) in [5.41, 5.74) is 11.1. The van der Waals surface area contributed by atoms with E-state index >= 15 is 0 Å². The van der Waals surface area contributed by atoms with Crippen LogP contribution in [0, 0.1) is 6.92 Å². The highest BCUT2D eigenvalue weighted by atomic mass is 35.5. The van der Waals surface area contributed by atoms with Crippen LogP contribution in [0.1, 0.15) is 29.3 Å². The molecular formula is C28H25Cl2N3O2. The Kier molecular flexibility index (Phi) is 7.59. The molecule has 178 valence electrons. The largest absolute Gasteiger partial charge is 0.487 e. The number of hydrogen-bond acceptors (Lipinski definition) is 4. The molecule has 0 unspecified atom stereocenters. The predicted molar refractivity (Wildman–Crippen MR) is 144 cm³/mol. The van der Waals surface area contributed by atoms with E-state index in [4.69, 9.17) is 33.7 Å². The minimum Gasteiger partial charge on any atom is -0.487 e. The first-order valence-electron chi connectivity index (χ1n) is 11.1. The molecular weight excluding hydrogens is 481 g/mol. The summed E-state index contributed by atoms with van der Waals surface area (Å²) < 4.78 is 6.09. The van der Waals surface area contributed by atoms with Gasteiger partial charge in [0.1, 0.15) is 17.9 Å². The Morgan fingerprint density at radius 1 is 1.06 bits per heavy atom. The number of allylic oxidation sites excluding steroid dienone is 1. The van der Waals surface area contributed by atoms with Crippen LogP contribution in [0.2, 0.25) is 10.0 Å². The molecule has 0 saturated carbocycles. The Labute approximate surface area is 214 Å². The van der Waals surface area contributed by atoms with Gasteiger partial charge in [0.2, 0.25) is 5.91 Å². The van der Waals surface area contributed by atoms with E-state index in [0.29, 0.717) is 44.7 Å². The molecule has 4 aromatic rings. The summed E-state index contributed by atoms with van der Waals surface area (Å²) in [6.45, 7) is 4.33. The Bertz CT molecular complexity index is 1420. The van der Waals surface area contributed by atoms with E-state index in [1.807, 2.05) is 56.3 Å². The molecule has 0 spiro atoms. The number of carbonyl (C=O) groups excluding carboxylic acids is 1. The molecule has 4 rings (SSSR count). The molecule has 1 amide bonds.